The van der Waals surface area contributed by atoms with E-state index in [-0.39, 0.29) is 17.6 Å². The molecular formula is C29H34FNO. The smallest absolute Gasteiger partial charge is 0.227 e. The average molecular weight is 432 g/mol. The lowest BCUT2D eigenvalue weighted by molar-refractivity contribution is -0.124. The first-order valence-corrected chi connectivity index (χ1v) is 12.3. The number of carbonyl (C=O) groups is 1. The molecule has 2 aromatic carbocycles. The lowest BCUT2D eigenvalue weighted by atomic mass is 9.60. The van der Waals surface area contributed by atoms with E-state index in [4.69, 9.17) is 0 Å². The second kappa shape index (κ2) is 8.84. The third-order valence-corrected chi connectivity index (χ3v) is 8.19. The van der Waals surface area contributed by atoms with Crippen molar-refractivity contribution in [2.45, 2.75) is 58.8 Å². The summed E-state index contributed by atoms with van der Waals surface area (Å²) in [5.41, 5.74) is 5.93. The summed E-state index contributed by atoms with van der Waals surface area (Å²) in [5.74, 6) is 2.33. The lowest BCUT2D eigenvalue weighted by Crippen LogP contribution is -2.40. The number of carbonyl (C=O) groups excluding carboxylic acids is 1. The van der Waals surface area contributed by atoms with Gasteiger partial charge in [-0.25, -0.2) is 4.39 Å². The Balaban J connectivity index is 1.31. The Labute approximate surface area is 191 Å². The van der Waals surface area contributed by atoms with Crippen LogP contribution in [0, 0.1) is 42.3 Å². The van der Waals surface area contributed by atoms with Crippen LogP contribution in [0.1, 0.15) is 62.1 Å². The van der Waals surface area contributed by atoms with Crippen LogP contribution in [0.2, 0.25) is 0 Å². The number of hydrogen-bond donors (Lipinski definition) is 1. The first kappa shape index (κ1) is 21.4. The van der Waals surface area contributed by atoms with E-state index in [1.807, 2.05) is 30.3 Å². The summed E-state index contributed by atoms with van der Waals surface area (Å²) in [6.45, 7) is 4.35. The summed E-state index contributed by atoms with van der Waals surface area (Å²) >= 11 is 0. The number of benzene rings is 2. The van der Waals surface area contributed by atoms with E-state index in [1.165, 1.54) is 16.7 Å². The second-order valence-corrected chi connectivity index (χ2v) is 10.5. The van der Waals surface area contributed by atoms with Gasteiger partial charge in [0.15, 0.2) is 0 Å². The lowest BCUT2D eigenvalue weighted by Gasteiger charge is -2.45. The molecule has 2 nitrogen and oxygen atoms in total. The zero-order valence-corrected chi connectivity index (χ0v) is 19.2. The molecule has 2 bridgehead atoms. The molecule has 3 heteroatoms. The molecule has 1 amide bonds. The van der Waals surface area contributed by atoms with Crippen molar-refractivity contribution in [2.75, 3.05) is 5.32 Å². The van der Waals surface area contributed by atoms with Crippen molar-refractivity contribution in [3.05, 3.63) is 71.0 Å². The van der Waals surface area contributed by atoms with Crippen LogP contribution in [0.4, 0.5) is 10.1 Å². The van der Waals surface area contributed by atoms with Crippen molar-refractivity contribution in [1.29, 1.82) is 0 Å². The van der Waals surface area contributed by atoms with Crippen molar-refractivity contribution in [1.82, 2.24) is 0 Å². The number of hydrogen-bond acceptors (Lipinski definition) is 1. The SMILES string of the molecule is Cc1ccc(NC(=O)C2CCC3CC2CCC3C2=CCC(C)Cc3ccc(F)cc32)cc1. The van der Waals surface area contributed by atoms with Gasteiger partial charge in [-0.15, -0.1) is 0 Å². The number of amides is 1. The molecule has 2 aromatic rings. The fraction of sp³-hybridized carbons (Fsp3) is 0.483. The molecule has 0 radical (unpaired) electrons. The fourth-order valence-corrected chi connectivity index (χ4v) is 6.48. The van der Waals surface area contributed by atoms with Crippen molar-refractivity contribution in [3.8, 4) is 0 Å². The molecule has 0 aliphatic heterocycles. The van der Waals surface area contributed by atoms with Gasteiger partial charge in [0.1, 0.15) is 5.82 Å². The largest absolute Gasteiger partial charge is 0.326 e. The monoisotopic (exact) mass is 431 g/mol. The molecule has 0 heterocycles. The summed E-state index contributed by atoms with van der Waals surface area (Å²) < 4.78 is 14.2. The molecule has 0 saturated heterocycles. The van der Waals surface area contributed by atoms with Crippen LogP contribution in [0.25, 0.3) is 5.57 Å². The highest BCUT2D eigenvalue weighted by molar-refractivity contribution is 5.92. The Hall–Kier alpha value is -2.42. The van der Waals surface area contributed by atoms with Gasteiger partial charge in [-0.1, -0.05) is 36.8 Å². The highest BCUT2D eigenvalue weighted by atomic mass is 19.1. The second-order valence-electron chi connectivity index (χ2n) is 10.5. The zero-order valence-electron chi connectivity index (χ0n) is 19.2. The molecular weight excluding hydrogens is 397 g/mol. The summed E-state index contributed by atoms with van der Waals surface area (Å²) in [7, 11) is 0. The van der Waals surface area contributed by atoms with Gasteiger partial charge in [-0.2, -0.15) is 0 Å². The van der Waals surface area contributed by atoms with Crippen molar-refractivity contribution < 1.29 is 9.18 Å². The summed E-state index contributed by atoms with van der Waals surface area (Å²) in [6.07, 6.45) is 9.88. The molecule has 1 N–H and O–H groups in total. The van der Waals surface area contributed by atoms with Gasteiger partial charge in [0.05, 0.1) is 0 Å². The maximum atomic E-state index is 14.2. The molecule has 32 heavy (non-hydrogen) atoms. The number of fused-ring (bicyclic) bond motifs is 3. The molecule has 2 saturated carbocycles. The summed E-state index contributed by atoms with van der Waals surface area (Å²) in [4.78, 5) is 13.1. The number of halogens is 1. The van der Waals surface area contributed by atoms with E-state index in [2.05, 4.69) is 25.2 Å². The van der Waals surface area contributed by atoms with Crippen LogP contribution in [-0.2, 0) is 11.2 Å². The van der Waals surface area contributed by atoms with Gasteiger partial charge >= 0.3 is 0 Å². The average Bonchev–Trinajstić information content (AvgIpc) is 2.94. The minimum absolute atomic E-state index is 0.112. The van der Waals surface area contributed by atoms with Crippen LogP contribution in [-0.4, -0.2) is 5.91 Å². The van der Waals surface area contributed by atoms with Crippen molar-refractivity contribution in [3.63, 3.8) is 0 Å². The topological polar surface area (TPSA) is 29.1 Å². The summed E-state index contributed by atoms with van der Waals surface area (Å²) in [6, 6.07) is 13.4. The maximum absolute atomic E-state index is 14.2. The van der Waals surface area contributed by atoms with Gasteiger partial charge in [0.25, 0.3) is 0 Å². The standard InChI is InChI=1S/C29H34FNO/c1-18-3-10-24(11-4-18)31-29(32)26-14-8-21-16-22(26)7-13-25(21)27-12-5-19(2)15-20-6-9-23(30)17-28(20)27/h3-4,6,9-12,17,19,21-22,25-26H,5,7-8,13-16H2,1-2H3,(H,31,32). The van der Waals surface area contributed by atoms with Gasteiger partial charge in [-0.3, -0.25) is 4.79 Å². The Morgan fingerprint density at radius 1 is 1.00 bits per heavy atom. The predicted molar refractivity (Wildman–Crippen MR) is 129 cm³/mol. The predicted octanol–water partition coefficient (Wildman–Crippen LogP) is 7.18. The van der Waals surface area contributed by atoms with Gasteiger partial charge in [0.2, 0.25) is 5.91 Å². The highest BCUT2D eigenvalue weighted by Gasteiger charge is 2.42. The molecule has 0 aromatic heterocycles. The van der Waals surface area contributed by atoms with E-state index in [1.54, 1.807) is 12.1 Å². The van der Waals surface area contributed by atoms with Crippen LogP contribution in [0.5, 0.6) is 0 Å². The zero-order chi connectivity index (χ0) is 22.2. The van der Waals surface area contributed by atoms with Gasteiger partial charge in [0, 0.05) is 11.6 Å². The highest BCUT2D eigenvalue weighted by Crippen LogP contribution is 2.51. The fourth-order valence-electron chi connectivity index (χ4n) is 6.48. The van der Waals surface area contributed by atoms with E-state index < -0.39 is 0 Å². The third-order valence-electron chi connectivity index (χ3n) is 8.19. The number of rotatable bonds is 3. The number of aryl methyl sites for hydroxylation is 1. The van der Waals surface area contributed by atoms with E-state index in [0.717, 1.165) is 56.2 Å². The molecule has 5 unspecified atom stereocenters. The normalized spacial score (nSPS) is 29.5. The van der Waals surface area contributed by atoms with E-state index in [0.29, 0.717) is 23.7 Å². The van der Waals surface area contributed by atoms with Crippen LogP contribution >= 0.6 is 0 Å². The Morgan fingerprint density at radius 3 is 2.59 bits per heavy atom. The number of anilines is 1. The Morgan fingerprint density at radius 2 is 1.78 bits per heavy atom. The Bertz CT molecular complexity index is 1020. The minimum atomic E-state index is -0.130. The van der Waals surface area contributed by atoms with Crippen LogP contribution in [0.3, 0.4) is 0 Å². The van der Waals surface area contributed by atoms with E-state index in [9.17, 15) is 9.18 Å². The van der Waals surface area contributed by atoms with Crippen molar-refractivity contribution >= 4 is 17.2 Å². The summed E-state index contributed by atoms with van der Waals surface area (Å²) in [5, 5.41) is 3.16. The number of allylic oxidation sites excluding steroid dienone is 2. The maximum Gasteiger partial charge on any atom is 0.227 e. The van der Waals surface area contributed by atoms with Crippen molar-refractivity contribution in [2.24, 2.45) is 29.6 Å². The van der Waals surface area contributed by atoms with Gasteiger partial charge < -0.3 is 5.32 Å². The molecule has 5 atom stereocenters. The quantitative estimate of drug-likeness (QED) is 0.548. The molecule has 5 rings (SSSR count). The first-order valence-electron chi connectivity index (χ1n) is 12.3. The molecule has 0 spiro atoms. The molecule has 2 fully saturated rings. The van der Waals surface area contributed by atoms with Crippen LogP contribution in [0.15, 0.2) is 48.5 Å². The molecule has 168 valence electrons. The van der Waals surface area contributed by atoms with Crippen LogP contribution < -0.4 is 5.32 Å². The minimum Gasteiger partial charge on any atom is -0.326 e. The van der Waals surface area contributed by atoms with E-state index >= 15 is 0 Å². The Kier molecular flexibility index (Phi) is 5.92. The molecule has 3 aliphatic carbocycles. The van der Waals surface area contributed by atoms with Gasteiger partial charge in [-0.05, 0) is 117 Å². The number of nitrogens with one attached hydrogen (secondary N) is 1. The third kappa shape index (κ3) is 4.27. The first-order chi connectivity index (χ1) is 15.5. The molecule has 3 aliphatic rings.